The van der Waals surface area contributed by atoms with Crippen LogP contribution in [0.25, 0.3) is 146 Å². The molecule has 18 heterocycles. The van der Waals surface area contributed by atoms with Crippen molar-refractivity contribution < 1.29 is 9.47 Å². The van der Waals surface area contributed by atoms with Gasteiger partial charge in [0.2, 0.25) is 0 Å². The number of likely N-dealkylation sites (tertiary alicyclic amines) is 3. The zero-order valence-corrected chi connectivity index (χ0v) is 81.2. The molecule has 0 radical (unpaired) electrons. The van der Waals surface area contributed by atoms with Crippen LogP contribution in [0.15, 0.2) is 219 Å². The molecule has 4 aliphatic heterocycles. The molecule has 0 aliphatic carbocycles. The Morgan fingerprint density at radius 3 is 1.01 bits per heavy atom. The van der Waals surface area contributed by atoms with Crippen molar-refractivity contribution in [3.8, 4) is 90.5 Å². The molecule has 0 N–H and O–H groups in total. The number of benzene rings is 5. The van der Waals surface area contributed by atoms with E-state index in [1.807, 2.05) is 271 Å². The van der Waals surface area contributed by atoms with Gasteiger partial charge in [-0.2, -0.15) is 25.5 Å². The number of halogens is 5. The van der Waals surface area contributed by atoms with Crippen LogP contribution >= 0.6 is 58.0 Å². The van der Waals surface area contributed by atoms with Gasteiger partial charge in [-0.25, -0.2) is 28.4 Å². The van der Waals surface area contributed by atoms with Gasteiger partial charge in [0.1, 0.15) is 45.6 Å². The monoisotopic (exact) mass is 1930 g/mol. The Bertz CT molecular complexity index is 7220. The number of hydrogen-bond acceptors (Lipinski definition) is 22. The van der Waals surface area contributed by atoms with Gasteiger partial charge >= 0.3 is 0 Å². The number of ether oxygens (including phenoxy) is 2. The van der Waals surface area contributed by atoms with Gasteiger partial charge in [-0.15, -0.1) is 51.0 Å². The van der Waals surface area contributed by atoms with E-state index in [1.165, 1.54) is 38.8 Å². The smallest absolute Gasteiger partial charge is 0.183 e. The Balaban J connectivity index is 0.000000110. The van der Waals surface area contributed by atoms with E-state index in [4.69, 9.17) is 82.8 Å². The molecular formula is C101H104Cl5N29O2. The van der Waals surface area contributed by atoms with Gasteiger partial charge in [0, 0.05) is 155 Å². The molecule has 2 atom stereocenters. The maximum atomic E-state index is 6.94. The minimum absolute atomic E-state index is 0.316. The maximum Gasteiger partial charge on any atom is 0.183 e. The largest absolute Gasteiger partial charge is 0.380 e. The molecule has 5 aromatic carbocycles. The molecule has 36 heteroatoms. The second-order valence-electron chi connectivity index (χ2n) is 34.7. The number of imidazole rings is 1. The van der Waals surface area contributed by atoms with Crippen LogP contribution in [0.5, 0.6) is 0 Å². The molecule has 0 amide bonds. The fourth-order valence-electron chi connectivity index (χ4n) is 18.4. The highest BCUT2D eigenvalue weighted by atomic mass is 35.5. The van der Waals surface area contributed by atoms with Crippen molar-refractivity contribution in [2.24, 2.45) is 35.2 Å². The summed E-state index contributed by atoms with van der Waals surface area (Å²) >= 11 is 34.1. The summed E-state index contributed by atoms with van der Waals surface area (Å²) in [5, 5.41) is 75.8. The van der Waals surface area contributed by atoms with Crippen LogP contribution in [-0.4, -0.2) is 236 Å². The van der Waals surface area contributed by atoms with E-state index in [9.17, 15) is 0 Å². The first-order chi connectivity index (χ1) is 66.9. The topological polar surface area (TPSA) is 282 Å². The highest BCUT2D eigenvalue weighted by Crippen LogP contribution is 2.44. The summed E-state index contributed by atoms with van der Waals surface area (Å²) in [6.45, 7) is 15.9. The summed E-state index contributed by atoms with van der Waals surface area (Å²) < 4.78 is 28.5. The number of methoxy groups -OCH3 is 2. The molecule has 23 rings (SSSR count). The van der Waals surface area contributed by atoms with Crippen LogP contribution in [0, 0.1) is 6.92 Å². The van der Waals surface area contributed by atoms with E-state index < -0.39 is 0 Å². The number of rotatable bonds is 22. The summed E-state index contributed by atoms with van der Waals surface area (Å²) in [5.41, 5.74) is 19.1. The lowest BCUT2D eigenvalue weighted by Gasteiger charge is -2.15. The van der Waals surface area contributed by atoms with Crippen molar-refractivity contribution >= 4 is 119 Å². The molecule has 0 spiro atoms. The first-order valence-electron chi connectivity index (χ1n) is 46.0. The number of hydrogen-bond donors (Lipinski definition) is 0. The highest BCUT2D eigenvalue weighted by Gasteiger charge is 2.32. The van der Waals surface area contributed by atoms with Crippen molar-refractivity contribution in [1.29, 1.82) is 0 Å². The van der Waals surface area contributed by atoms with Gasteiger partial charge in [0.05, 0.1) is 131 Å². The van der Waals surface area contributed by atoms with Gasteiger partial charge in [-0.05, 0) is 94.9 Å². The minimum atomic E-state index is 0.316. The predicted molar refractivity (Wildman–Crippen MR) is 541 cm³/mol. The van der Waals surface area contributed by atoms with E-state index >= 15 is 0 Å². The molecule has 4 saturated heterocycles. The molecule has 14 aromatic heterocycles. The van der Waals surface area contributed by atoms with Crippen molar-refractivity contribution in [2.45, 2.75) is 83.8 Å². The number of nitrogens with zero attached hydrogens (tertiary/aromatic N) is 29. The van der Waals surface area contributed by atoms with Gasteiger partial charge in [0.25, 0.3) is 0 Å². The lowest BCUT2D eigenvalue weighted by molar-refractivity contribution is 0.107. The zero-order chi connectivity index (χ0) is 94.3. The normalized spacial score (nSPS) is 15.2. The van der Waals surface area contributed by atoms with Crippen molar-refractivity contribution in [3.63, 3.8) is 0 Å². The standard InChI is InChI=1S/2C23H25ClN6O.C21H18ClN7.C18H20ClN5.C16H16ClN5/c2*1-28-11-6-9-18(28)22-19-20(24)21(16-7-4-3-5-8-16)25-26-23(19)30(27-22)14-13-29-12-10-17(15-29)31-2;1-27-10-6-9-16(27)20-17-18(22)19(14-7-4-3-5-8-14)24-25-21(17)29(26-20)12-15-11-23-13-28(15)2;1-13-15-16(19)17(14-7-3-2-4-8-14)20-21-18(15)24(22-13)12-11-23-9-5-6-10-23;1-21-15-12(16(20-21)22-9-5-6-10-22)13(17)14(18-19-15)11-7-3-2-4-8-11/h2*3-9,11,17H,10,12-15H2,1-2H3;3-11,13H,12H2,1-2H3;2-4,7-8H,5-6,9-12H2,1H3;2-4,7-8H,5-6,9-10H2,1H3/t2*17-;;;/m10.../s1. The third-order valence-corrected chi connectivity index (χ3v) is 27.7. The molecule has 4 fully saturated rings. The third kappa shape index (κ3) is 19.6. The molecule has 0 saturated carbocycles. The van der Waals surface area contributed by atoms with Gasteiger partial charge in [-0.3, -0.25) is 9.80 Å². The Kier molecular flexibility index (Phi) is 28.4. The van der Waals surface area contributed by atoms with Crippen LogP contribution < -0.4 is 4.90 Å². The lowest BCUT2D eigenvalue weighted by Crippen LogP contribution is -2.27. The minimum Gasteiger partial charge on any atom is -0.380 e. The Morgan fingerprint density at radius 2 is 0.657 bits per heavy atom. The van der Waals surface area contributed by atoms with E-state index in [2.05, 4.69) is 107 Å². The third-order valence-electron chi connectivity index (χ3n) is 25.9. The molecule has 19 aromatic rings. The molecule has 31 nitrogen and oxygen atoms in total. The van der Waals surface area contributed by atoms with Crippen LogP contribution in [0.2, 0.25) is 25.1 Å². The van der Waals surface area contributed by atoms with Crippen molar-refractivity contribution in [1.82, 2.24) is 138 Å². The second-order valence-corrected chi connectivity index (χ2v) is 36.6. The fraction of sp³-hybridized carbons (Fsp3) is 0.307. The van der Waals surface area contributed by atoms with E-state index in [-0.39, 0.29) is 0 Å². The molecule has 0 bridgehead atoms. The SMILES string of the molecule is CO[C@@H]1CCN(CCn2nc(-c3cccn3C)c3c(Cl)c(-c4ccccc4)nnc32)C1.CO[C@H]1CCN(CCn2nc(-c3cccn3C)c3c(Cl)c(-c4ccccc4)nnc32)C1.Cc1nn(CCN2CCCC2)c2nnc(-c3ccccc3)c(Cl)c12.Cn1cncc1Cn1nc(-c2cccn2C)c2c(Cl)c(-c3ccccc3)nnc21.Cn1nc(N2CCCC2)c2c(Cl)c(-c3ccccc3)nnc21. The van der Waals surface area contributed by atoms with E-state index in [0.717, 1.165) is 196 Å². The van der Waals surface area contributed by atoms with Crippen LogP contribution in [0.1, 0.15) is 49.9 Å². The Morgan fingerprint density at radius 1 is 0.321 bits per heavy atom. The van der Waals surface area contributed by atoms with E-state index in [1.54, 1.807) is 25.2 Å². The Hall–Kier alpha value is -13.1. The second kappa shape index (κ2) is 41.9. The van der Waals surface area contributed by atoms with Crippen molar-refractivity contribution in [2.75, 3.05) is 91.1 Å². The number of aryl methyl sites for hydroxylation is 6. The average Bonchev–Trinajstić information content (AvgIpc) is 1.61. The number of aromatic nitrogens is 25. The quantitative estimate of drug-likeness (QED) is 0.0609. The summed E-state index contributed by atoms with van der Waals surface area (Å²) in [6, 6.07) is 61.6. The average molecular weight is 1930 g/mol. The molecule has 137 heavy (non-hydrogen) atoms. The van der Waals surface area contributed by atoms with Gasteiger partial charge < -0.3 is 37.5 Å². The van der Waals surface area contributed by atoms with Crippen LogP contribution in [-0.2, 0) is 70.9 Å². The lowest BCUT2D eigenvalue weighted by atomic mass is 10.1. The zero-order valence-electron chi connectivity index (χ0n) is 77.5. The van der Waals surface area contributed by atoms with Crippen molar-refractivity contribution in [3.05, 3.63) is 256 Å². The summed E-state index contributed by atoms with van der Waals surface area (Å²) in [4.78, 5) is 13.7. The van der Waals surface area contributed by atoms with Gasteiger partial charge in [0.15, 0.2) is 34.1 Å². The highest BCUT2D eigenvalue weighted by molar-refractivity contribution is 6.41. The maximum absolute atomic E-state index is 6.94. The number of anilines is 1. The van der Waals surface area contributed by atoms with Crippen LogP contribution in [0.4, 0.5) is 5.82 Å². The fourth-order valence-corrected chi connectivity index (χ4v) is 20.0. The number of fused-ring (bicyclic) bond motifs is 5. The summed E-state index contributed by atoms with van der Waals surface area (Å²) in [5.74, 6) is 0.923. The van der Waals surface area contributed by atoms with Gasteiger partial charge in [-0.1, -0.05) is 210 Å². The predicted octanol–water partition coefficient (Wildman–Crippen LogP) is 18.5. The molecular weight excluding hydrogens is 1830 g/mol. The summed E-state index contributed by atoms with van der Waals surface area (Å²) in [7, 11) is 13.4. The Labute approximate surface area is 817 Å². The summed E-state index contributed by atoms with van der Waals surface area (Å²) in [6.07, 6.45) is 17.3. The first kappa shape index (κ1) is 93.0. The molecule has 4 aliphatic rings. The first-order valence-corrected chi connectivity index (χ1v) is 47.9. The van der Waals surface area contributed by atoms with Crippen LogP contribution in [0.3, 0.4) is 0 Å². The molecule has 0 unspecified atom stereocenters. The molecule has 700 valence electrons. The van der Waals surface area contributed by atoms with E-state index in [0.29, 0.717) is 102 Å².